The first-order valence-electron chi connectivity index (χ1n) is 14.1. The topological polar surface area (TPSA) is 119 Å². The zero-order chi connectivity index (χ0) is 27.6. The number of benzene rings is 1. The van der Waals surface area contributed by atoms with Gasteiger partial charge in [0.15, 0.2) is 0 Å². The number of hydrogen-bond acceptors (Lipinski definition) is 6. The summed E-state index contributed by atoms with van der Waals surface area (Å²) >= 11 is 0. The molecule has 2 amide bonds. The standard InChI is InChI=1S/C29H38N4O5S/c1-3-4-5-6-18-38-22-12-10-20(11-13-22)29(2)19-24(25-16-17-33(31-25)21-8-7-9-21)26(27(34)30-29)28(35)32-39(36,37)23-14-15-23/h10-13,16-17,21,23H,3-9,14-15,18-19H2,1-2H3,(H,30,34)(H,32,35). The number of hydrogen-bond donors (Lipinski definition) is 2. The van der Waals surface area contributed by atoms with Crippen molar-refractivity contribution in [3.63, 3.8) is 0 Å². The molecule has 0 radical (unpaired) electrons. The van der Waals surface area contributed by atoms with Gasteiger partial charge in [0.25, 0.3) is 11.8 Å². The zero-order valence-electron chi connectivity index (χ0n) is 22.7. The minimum atomic E-state index is -3.82. The lowest BCUT2D eigenvalue weighted by atomic mass is 9.79. The Labute approximate surface area is 230 Å². The van der Waals surface area contributed by atoms with Gasteiger partial charge in [-0.1, -0.05) is 38.3 Å². The number of aromatic nitrogens is 2. The van der Waals surface area contributed by atoms with Crippen molar-refractivity contribution >= 4 is 27.4 Å². The van der Waals surface area contributed by atoms with Crippen LogP contribution in [0.3, 0.4) is 0 Å². The average Bonchev–Trinajstić information content (AvgIpc) is 3.62. The molecule has 2 N–H and O–H groups in total. The lowest BCUT2D eigenvalue weighted by Gasteiger charge is -2.37. The highest BCUT2D eigenvalue weighted by Crippen LogP contribution is 2.40. The molecule has 1 atom stereocenters. The van der Waals surface area contributed by atoms with Crippen LogP contribution in [0.25, 0.3) is 5.57 Å². The second kappa shape index (κ2) is 11.2. The number of carbonyl (C=O) groups excluding carboxylic acids is 2. The lowest BCUT2D eigenvalue weighted by molar-refractivity contribution is -0.124. The third kappa shape index (κ3) is 6.05. The van der Waals surface area contributed by atoms with Crippen LogP contribution >= 0.6 is 0 Å². The number of ether oxygens (including phenoxy) is 1. The van der Waals surface area contributed by atoms with Crippen LogP contribution in [-0.2, 0) is 25.2 Å². The number of unbranched alkanes of at least 4 members (excludes halogenated alkanes) is 3. The van der Waals surface area contributed by atoms with E-state index in [9.17, 15) is 18.0 Å². The summed E-state index contributed by atoms with van der Waals surface area (Å²) in [6.07, 6.45) is 10.9. The van der Waals surface area contributed by atoms with Crippen molar-refractivity contribution in [2.75, 3.05) is 6.61 Å². The van der Waals surface area contributed by atoms with Crippen LogP contribution in [0.4, 0.5) is 0 Å². The van der Waals surface area contributed by atoms with E-state index in [0.717, 1.165) is 43.4 Å². The molecule has 39 heavy (non-hydrogen) atoms. The third-order valence-corrected chi connectivity index (χ3v) is 9.82. The predicted octanol–water partition coefficient (Wildman–Crippen LogP) is 4.36. The fraction of sp³-hybridized carbons (Fsp3) is 0.552. The molecule has 2 heterocycles. The van der Waals surface area contributed by atoms with Crippen LogP contribution in [0.5, 0.6) is 5.75 Å². The number of amides is 2. The molecule has 9 nitrogen and oxygen atoms in total. The fourth-order valence-corrected chi connectivity index (χ4v) is 6.49. The first kappa shape index (κ1) is 27.4. The molecule has 2 fully saturated rings. The number of nitrogens with zero attached hydrogens (tertiary/aromatic N) is 2. The van der Waals surface area contributed by atoms with Gasteiger partial charge < -0.3 is 10.1 Å². The van der Waals surface area contributed by atoms with Crippen molar-refractivity contribution in [1.29, 1.82) is 0 Å². The van der Waals surface area contributed by atoms with Crippen LogP contribution in [0.15, 0.2) is 42.1 Å². The Morgan fingerprint density at radius 2 is 1.87 bits per heavy atom. The molecule has 1 aromatic heterocycles. The van der Waals surface area contributed by atoms with Gasteiger partial charge in [0, 0.05) is 18.2 Å². The second-order valence-corrected chi connectivity index (χ2v) is 13.2. The van der Waals surface area contributed by atoms with Gasteiger partial charge in [0.05, 0.1) is 29.1 Å². The van der Waals surface area contributed by atoms with E-state index in [1.807, 2.05) is 48.1 Å². The molecule has 2 aliphatic carbocycles. The van der Waals surface area contributed by atoms with Gasteiger partial charge in [-0.05, 0) is 69.2 Å². The van der Waals surface area contributed by atoms with E-state index < -0.39 is 32.6 Å². The van der Waals surface area contributed by atoms with Crippen LogP contribution in [0.2, 0.25) is 0 Å². The average molecular weight is 555 g/mol. The monoisotopic (exact) mass is 554 g/mol. The molecule has 0 bridgehead atoms. The lowest BCUT2D eigenvalue weighted by Crippen LogP contribution is -2.51. The molecule has 0 saturated heterocycles. The highest BCUT2D eigenvalue weighted by molar-refractivity contribution is 7.91. The highest BCUT2D eigenvalue weighted by Gasteiger charge is 2.43. The summed E-state index contributed by atoms with van der Waals surface area (Å²) in [5.41, 5.74) is 0.798. The maximum Gasteiger partial charge on any atom is 0.270 e. The fourth-order valence-electron chi connectivity index (χ4n) is 5.20. The first-order valence-corrected chi connectivity index (χ1v) is 15.7. The number of nitrogens with one attached hydrogen (secondary N) is 2. The van der Waals surface area contributed by atoms with E-state index in [0.29, 0.717) is 36.8 Å². The van der Waals surface area contributed by atoms with Gasteiger partial charge in [-0.15, -0.1) is 0 Å². The SMILES string of the molecule is CCCCCCOc1ccc(C2(C)CC(c3ccn(C4CCC4)n3)=C(C(=O)NS(=O)(=O)C3CC3)C(=O)N2)cc1. The quantitative estimate of drug-likeness (QED) is 0.297. The maximum absolute atomic E-state index is 13.5. The van der Waals surface area contributed by atoms with Crippen LogP contribution in [-0.4, -0.2) is 41.9 Å². The van der Waals surface area contributed by atoms with E-state index in [2.05, 4.69) is 17.0 Å². The molecule has 1 unspecified atom stereocenters. The Bertz CT molecular complexity index is 1360. The largest absolute Gasteiger partial charge is 0.494 e. The summed E-state index contributed by atoms with van der Waals surface area (Å²) in [7, 11) is -3.82. The van der Waals surface area contributed by atoms with Crippen LogP contribution in [0, 0.1) is 0 Å². The van der Waals surface area contributed by atoms with E-state index in [1.165, 1.54) is 12.8 Å². The summed E-state index contributed by atoms with van der Waals surface area (Å²) < 4.78 is 35.0. The molecule has 10 heteroatoms. The molecule has 210 valence electrons. The summed E-state index contributed by atoms with van der Waals surface area (Å²) in [5, 5.41) is 7.13. The van der Waals surface area contributed by atoms with Gasteiger partial charge in [0.1, 0.15) is 11.3 Å². The molecular weight excluding hydrogens is 516 g/mol. The van der Waals surface area contributed by atoms with E-state index in [1.54, 1.807) is 0 Å². The molecule has 2 saturated carbocycles. The molecule has 2 aromatic rings. The normalized spacial score (nSPS) is 21.8. The molecule has 1 aromatic carbocycles. The van der Waals surface area contributed by atoms with Gasteiger partial charge >= 0.3 is 0 Å². The number of carbonyl (C=O) groups is 2. The summed E-state index contributed by atoms with van der Waals surface area (Å²) in [6, 6.07) is 9.76. The van der Waals surface area contributed by atoms with Gasteiger partial charge in [-0.3, -0.25) is 14.3 Å². The molecule has 0 spiro atoms. The Hall–Kier alpha value is -3.14. The van der Waals surface area contributed by atoms with Crippen molar-refractivity contribution < 1.29 is 22.7 Å². The van der Waals surface area contributed by atoms with Crippen molar-refractivity contribution in [2.45, 2.75) is 94.9 Å². The minimum absolute atomic E-state index is 0.192. The maximum atomic E-state index is 13.5. The number of sulfonamides is 1. The Morgan fingerprint density at radius 1 is 1.13 bits per heavy atom. The Balaban J connectivity index is 1.41. The van der Waals surface area contributed by atoms with Gasteiger partial charge in [0.2, 0.25) is 10.0 Å². The minimum Gasteiger partial charge on any atom is -0.494 e. The van der Waals surface area contributed by atoms with Gasteiger partial charge in [-0.2, -0.15) is 5.10 Å². The van der Waals surface area contributed by atoms with Crippen molar-refractivity contribution in [3.05, 3.63) is 53.4 Å². The van der Waals surface area contributed by atoms with Crippen molar-refractivity contribution in [1.82, 2.24) is 19.8 Å². The molecule has 3 aliphatic rings. The first-order chi connectivity index (χ1) is 18.7. The second-order valence-electron chi connectivity index (χ2n) is 11.2. The smallest absolute Gasteiger partial charge is 0.270 e. The summed E-state index contributed by atoms with van der Waals surface area (Å²) in [6.45, 7) is 4.74. The predicted molar refractivity (Wildman–Crippen MR) is 148 cm³/mol. The number of rotatable bonds is 12. The van der Waals surface area contributed by atoms with Crippen molar-refractivity contribution in [3.8, 4) is 5.75 Å². The van der Waals surface area contributed by atoms with Crippen LogP contribution < -0.4 is 14.8 Å². The highest BCUT2D eigenvalue weighted by atomic mass is 32.2. The summed E-state index contributed by atoms with van der Waals surface area (Å²) in [4.78, 5) is 26.7. The van der Waals surface area contributed by atoms with E-state index in [-0.39, 0.29) is 12.0 Å². The molecule has 5 rings (SSSR count). The third-order valence-electron chi connectivity index (χ3n) is 8.00. The van der Waals surface area contributed by atoms with E-state index >= 15 is 0 Å². The molecule has 1 aliphatic heterocycles. The zero-order valence-corrected chi connectivity index (χ0v) is 23.6. The summed E-state index contributed by atoms with van der Waals surface area (Å²) in [5.74, 6) is -0.750. The van der Waals surface area contributed by atoms with E-state index in [4.69, 9.17) is 9.84 Å². The van der Waals surface area contributed by atoms with Crippen LogP contribution in [0.1, 0.15) is 95.4 Å². The van der Waals surface area contributed by atoms with Crippen molar-refractivity contribution in [2.24, 2.45) is 0 Å². The Kier molecular flexibility index (Phi) is 7.84. The molecular formula is C29H38N4O5S. The van der Waals surface area contributed by atoms with Gasteiger partial charge in [-0.25, -0.2) is 13.1 Å². The Morgan fingerprint density at radius 3 is 2.51 bits per heavy atom.